The number of nitrogens with zero attached hydrogens (tertiary/aromatic N) is 1. The van der Waals surface area contributed by atoms with Crippen LogP contribution in [-0.2, 0) is 16.4 Å². The summed E-state index contributed by atoms with van der Waals surface area (Å²) < 4.78 is 31.8. The fourth-order valence-electron chi connectivity index (χ4n) is 3.36. The lowest BCUT2D eigenvalue weighted by atomic mass is 10.0. The van der Waals surface area contributed by atoms with Crippen LogP contribution in [-0.4, -0.2) is 33.9 Å². The number of halogens is 1. The molecule has 0 atom stereocenters. The molecule has 2 N–H and O–H groups in total. The fraction of sp³-hybridized carbons (Fsp3) is 0.350. The Morgan fingerprint density at radius 2 is 2.00 bits per heavy atom. The summed E-state index contributed by atoms with van der Waals surface area (Å²) in [6.07, 6.45) is 2.07. The van der Waals surface area contributed by atoms with Crippen molar-refractivity contribution < 1.29 is 17.9 Å². The van der Waals surface area contributed by atoms with Gasteiger partial charge in [0.1, 0.15) is 5.75 Å². The highest BCUT2D eigenvalue weighted by Crippen LogP contribution is 2.32. The van der Waals surface area contributed by atoms with E-state index in [2.05, 4.69) is 10.6 Å². The van der Waals surface area contributed by atoms with Crippen LogP contribution in [0.3, 0.4) is 0 Å². The van der Waals surface area contributed by atoms with E-state index < -0.39 is 16.1 Å². The molecule has 7 nitrogen and oxygen atoms in total. The summed E-state index contributed by atoms with van der Waals surface area (Å²) in [6.45, 7) is 2.33. The van der Waals surface area contributed by atoms with Crippen LogP contribution in [0.25, 0.3) is 0 Å². The minimum absolute atomic E-state index is 0.121. The second kappa shape index (κ2) is 8.92. The highest BCUT2D eigenvalue weighted by molar-refractivity contribution is 7.92. The van der Waals surface area contributed by atoms with Gasteiger partial charge in [0, 0.05) is 17.3 Å². The van der Waals surface area contributed by atoms with E-state index in [4.69, 9.17) is 16.3 Å². The number of carbonyl (C=O) groups excluding carboxylic acids is 1. The number of carbonyl (C=O) groups is 1. The van der Waals surface area contributed by atoms with E-state index in [1.807, 2.05) is 13.0 Å². The van der Waals surface area contributed by atoms with E-state index in [0.717, 1.165) is 18.4 Å². The summed E-state index contributed by atoms with van der Waals surface area (Å²) >= 11 is 5.99. The Kier molecular flexibility index (Phi) is 6.54. The number of sulfonamides is 1. The van der Waals surface area contributed by atoms with Gasteiger partial charge in [0.25, 0.3) is 0 Å². The van der Waals surface area contributed by atoms with Crippen LogP contribution in [0.5, 0.6) is 5.75 Å². The van der Waals surface area contributed by atoms with Crippen LogP contribution in [0.15, 0.2) is 36.4 Å². The Labute approximate surface area is 176 Å². The van der Waals surface area contributed by atoms with Gasteiger partial charge < -0.3 is 15.4 Å². The molecule has 2 amide bonds. The third-order valence-electron chi connectivity index (χ3n) is 4.62. The van der Waals surface area contributed by atoms with Crippen molar-refractivity contribution in [2.75, 3.05) is 34.3 Å². The normalized spacial score (nSPS) is 13.6. The molecule has 2 aromatic rings. The zero-order valence-electron chi connectivity index (χ0n) is 16.4. The Hall–Kier alpha value is -2.45. The second-order valence-corrected chi connectivity index (χ2v) is 9.21. The lowest BCUT2D eigenvalue weighted by Crippen LogP contribution is -2.37. The van der Waals surface area contributed by atoms with Gasteiger partial charge in [-0.3, -0.25) is 4.31 Å². The fourth-order valence-corrected chi connectivity index (χ4v) is 5.15. The molecule has 29 heavy (non-hydrogen) atoms. The zero-order chi connectivity index (χ0) is 21.0. The first-order chi connectivity index (χ1) is 13.8. The molecule has 0 bridgehead atoms. The van der Waals surface area contributed by atoms with Crippen molar-refractivity contribution in [2.45, 2.75) is 26.2 Å². The molecule has 3 rings (SSSR count). The number of ether oxygens (including phenoxy) is 1. The number of nitrogens with one attached hydrogen (secondary N) is 2. The average Bonchev–Trinajstić information content (AvgIpc) is 2.67. The lowest BCUT2D eigenvalue weighted by molar-refractivity contribution is 0.262. The smallest absolute Gasteiger partial charge is 0.323 e. The molecule has 2 aromatic carbocycles. The van der Waals surface area contributed by atoms with Crippen LogP contribution < -0.4 is 19.7 Å². The van der Waals surface area contributed by atoms with Crippen molar-refractivity contribution in [2.24, 2.45) is 0 Å². The largest absolute Gasteiger partial charge is 0.495 e. The predicted octanol–water partition coefficient (Wildman–Crippen LogP) is 4.49. The van der Waals surface area contributed by atoms with E-state index >= 15 is 0 Å². The molecule has 0 aliphatic carbocycles. The maximum absolute atomic E-state index is 12.5. The molecular formula is C20H24ClN3O4S. The van der Waals surface area contributed by atoms with Gasteiger partial charge >= 0.3 is 6.03 Å². The first kappa shape index (κ1) is 21.3. The third kappa shape index (κ3) is 4.94. The minimum atomic E-state index is -3.33. The number of aryl methyl sites for hydroxylation is 1. The quantitative estimate of drug-likeness (QED) is 0.697. The summed E-state index contributed by atoms with van der Waals surface area (Å²) in [7, 11) is -1.82. The number of hydrogen-bond acceptors (Lipinski definition) is 4. The van der Waals surface area contributed by atoms with Crippen molar-refractivity contribution in [3.63, 3.8) is 0 Å². The van der Waals surface area contributed by atoms with Gasteiger partial charge in [-0.1, -0.05) is 18.5 Å². The minimum Gasteiger partial charge on any atom is -0.495 e. The van der Waals surface area contributed by atoms with Crippen LogP contribution in [0.4, 0.5) is 21.9 Å². The third-order valence-corrected chi connectivity index (χ3v) is 6.83. The molecule has 0 spiro atoms. The highest BCUT2D eigenvalue weighted by atomic mass is 35.5. The first-order valence-electron chi connectivity index (χ1n) is 9.39. The molecule has 0 aromatic heterocycles. The number of methoxy groups -OCH3 is 1. The van der Waals surface area contributed by atoms with E-state index in [1.165, 1.54) is 11.4 Å². The Morgan fingerprint density at radius 3 is 2.72 bits per heavy atom. The molecule has 0 unspecified atom stereocenters. The number of hydrogen-bond donors (Lipinski definition) is 2. The van der Waals surface area contributed by atoms with E-state index in [1.54, 1.807) is 30.3 Å². The van der Waals surface area contributed by atoms with Gasteiger partial charge in [0.15, 0.2) is 0 Å². The van der Waals surface area contributed by atoms with Gasteiger partial charge in [0.2, 0.25) is 10.0 Å². The summed E-state index contributed by atoms with van der Waals surface area (Å²) in [6, 6.07) is 9.76. The number of urea groups is 1. The van der Waals surface area contributed by atoms with Gasteiger partial charge in [-0.05, 0) is 61.2 Å². The molecule has 1 heterocycles. The number of amides is 2. The number of fused-ring (bicyclic) bond motifs is 1. The monoisotopic (exact) mass is 437 g/mol. The molecule has 0 radical (unpaired) electrons. The highest BCUT2D eigenvalue weighted by Gasteiger charge is 2.27. The molecule has 0 saturated carbocycles. The summed E-state index contributed by atoms with van der Waals surface area (Å²) in [5.74, 6) is 0.614. The average molecular weight is 438 g/mol. The molecule has 1 aliphatic heterocycles. The molecule has 9 heteroatoms. The van der Waals surface area contributed by atoms with Crippen molar-refractivity contribution in [1.29, 1.82) is 0 Å². The Balaban J connectivity index is 1.77. The number of anilines is 3. The van der Waals surface area contributed by atoms with E-state index in [0.29, 0.717) is 40.8 Å². The van der Waals surface area contributed by atoms with Crippen LogP contribution >= 0.6 is 11.6 Å². The number of benzene rings is 2. The maximum Gasteiger partial charge on any atom is 0.323 e. The van der Waals surface area contributed by atoms with Gasteiger partial charge in [-0.15, -0.1) is 0 Å². The Morgan fingerprint density at radius 1 is 1.21 bits per heavy atom. The van der Waals surface area contributed by atoms with Crippen molar-refractivity contribution >= 4 is 44.7 Å². The first-order valence-corrected chi connectivity index (χ1v) is 11.4. The van der Waals surface area contributed by atoms with Crippen LogP contribution in [0, 0.1) is 0 Å². The molecule has 156 valence electrons. The number of rotatable bonds is 6. The maximum atomic E-state index is 12.5. The molecule has 0 saturated heterocycles. The summed E-state index contributed by atoms with van der Waals surface area (Å²) in [4.78, 5) is 12.4. The van der Waals surface area contributed by atoms with Gasteiger partial charge in [0.05, 0.1) is 24.2 Å². The van der Waals surface area contributed by atoms with Crippen LogP contribution in [0.2, 0.25) is 5.02 Å². The standard InChI is InChI=1S/C20H24ClN3O4S/c1-3-11-29(26,27)24-10-4-5-14-12-16(7-8-18(14)24)22-20(25)23-17-13-15(21)6-9-19(17)28-2/h6-9,12-13H,3-5,10-11H2,1-2H3,(H2,22,23,25). The lowest BCUT2D eigenvalue weighted by Gasteiger charge is -2.30. The zero-order valence-corrected chi connectivity index (χ0v) is 17.9. The van der Waals surface area contributed by atoms with Gasteiger partial charge in [-0.2, -0.15) is 0 Å². The van der Waals surface area contributed by atoms with Gasteiger partial charge in [-0.25, -0.2) is 13.2 Å². The second-order valence-electron chi connectivity index (χ2n) is 6.76. The molecule has 1 aliphatic rings. The molecule has 0 fully saturated rings. The van der Waals surface area contributed by atoms with Crippen molar-refractivity contribution in [3.8, 4) is 5.75 Å². The topological polar surface area (TPSA) is 87.7 Å². The van der Waals surface area contributed by atoms with Crippen molar-refractivity contribution in [3.05, 3.63) is 47.0 Å². The summed E-state index contributed by atoms with van der Waals surface area (Å²) in [5, 5.41) is 5.96. The Bertz CT molecular complexity index is 1010. The van der Waals surface area contributed by atoms with E-state index in [9.17, 15) is 13.2 Å². The SMILES string of the molecule is CCCS(=O)(=O)N1CCCc2cc(NC(=O)Nc3cc(Cl)ccc3OC)ccc21. The molecular weight excluding hydrogens is 414 g/mol. The van der Waals surface area contributed by atoms with Crippen molar-refractivity contribution in [1.82, 2.24) is 0 Å². The van der Waals surface area contributed by atoms with E-state index in [-0.39, 0.29) is 5.75 Å². The van der Waals surface area contributed by atoms with Crippen LogP contribution in [0.1, 0.15) is 25.3 Å². The summed E-state index contributed by atoms with van der Waals surface area (Å²) in [5.41, 5.74) is 2.62. The predicted molar refractivity (Wildman–Crippen MR) is 117 cm³/mol.